The van der Waals surface area contributed by atoms with E-state index in [1.165, 1.54) is 0 Å². The van der Waals surface area contributed by atoms with Crippen molar-refractivity contribution in [3.8, 4) is 5.75 Å². The van der Waals surface area contributed by atoms with Crippen molar-refractivity contribution < 1.29 is 9.26 Å². The summed E-state index contributed by atoms with van der Waals surface area (Å²) >= 11 is 0. The van der Waals surface area contributed by atoms with Gasteiger partial charge in [0, 0.05) is 19.2 Å². The van der Waals surface area contributed by atoms with Crippen LogP contribution in [0.2, 0.25) is 0 Å². The van der Waals surface area contributed by atoms with Gasteiger partial charge in [-0.05, 0) is 30.7 Å². The maximum atomic E-state index is 5.57. The Hall–Kier alpha value is -2.04. The second kappa shape index (κ2) is 6.05. The van der Waals surface area contributed by atoms with Gasteiger partial charge >= 0.3 is 0 Å². The van der Waals surface area contributed by atoms with Crippen LogP contribution in [0.5, 0.6) is 5.75 Å². The third-order valence-electron chi connectivity index (χ3n) is 2.48. The Labute approximate surface area is 106 Å². The summed E-state index contributed by atoms with van der Waals surface area (Å²) in [6.07, 6.45) is 1.80. The lowest BCUT2D eigenvalue weighted by Gasteiger charge is -2.04. The molecule has 0 saturated carbocycles. The highest BCUT2D eigenvalue weighted by Crippen LogP contribution is 2.16. The summed E-state index contributed by atoms with van der Waals surface area (Å²) in [5, 5.41) is 6.91. The van der Waals surface area contributed by atoms with Gasteiger partial charge in [0.05, 0.1) is 0 Å². The summed E-state index contributed by atoms with van der Waals surface area (Å²) in [6.45, 7) is 2.40. The van der Waals surface area contributed by atoms with E-state index in [1.54, 1.807) is 0 Å². The molecule has 0 amide bonds. The van der Waals surface area contributed by atoms with Gasteiger partial charge in [-0.2, -0.15) is 4.98 Å². The first-order chi connectivity index (χ1) is 8.81. The van der Waals surface area contributed by atoms with Crippen LogP contribution >= 0.6 is 0 Å². The Kier molecular flexibility index (Phi) is 4.17. The summed E-state index contributed by atoms with van der Waals surface area (Å²) in [5.74, 6) is 2.04. The van der Waals surface area contributed by atoms with Crippen LogP contribution < -0.4 is 10.1 Å². The minimum Gasteiger partial charge on any atom is -0.485 e. The Bertz CT molecular complexity index is 479. The van der Waals surface area contributed by atoms with Crippen LogP contribution in [0.25, 0.3) is 0 Å². The summed E-state index contributed by atoms with van der Waals surface area (Å²) in [4.78, 5) is 4.23. The average molecular weight is 247 g/mol. The highest BCUT2D eigenvalue weighted by molar-refractivity contribution is 5.45. The Morgan fingerprint density at radius 2 is 2.06 bits per heavy atom. The smallest absolute Gasteiger partial charge is 0.226 e. The lowest BCUT2D eigenvalue weighted by atomic mass is 10.3. The SMILES string of the molecule is CCCc1nc(COc2ccc(NC)cc2)no1. The van der Waals surface area contributed by atoms with Gasteiger partial charge in [0.1, 0.15) is 5.75 Å². The number of ether oxygens (including phenoxy) is 1. The number of nitrogens with one attached hydrogen (secondary N) is 1. The van der Waals surface area contributed by atoms with Crippen molar-refractivity contribution in [2.24, 2.45) is 0 Å². The van der Waals surface area contributed by atoms with Crippen molar-refractivity contribution in [2.75, 3.05) is 12.4 Å². The number of rotatable bonds is 6. The van der Waals surface area contributed by atoms with E-state index in [2.05, 4.69) is 22.4 Å². The van der Waals surface area contributed by atoms with Gasteiger partial charge in [-0.3, -0.25) is 0 Å². The topological polar surface area (TPSA) is 60.2 Å². The summed E-state index contributed by atoms with van der Waals surface area (Å²) < 4.78 is 10.6. The van der Waals surface area contributed by atoms with Crippen LogP contribution in [-0.2, 0) is 13.0 Å². The normalized spacial score (nSPS) is 10.3. The highest BCUT2D eigenvalue weighted by atomic mass is 16.5. The summed E-state index contributed by atoms with van der Waals surface area (Å²) in [6, 6.07) is 7.71. The van der Waals surface area contributed by atoms with Gasteiger partial charge in [-0.1, -0.05) is 12.1 Å². The number of aromatic nitrogens is 2. The summed E-state index contributed by atoms with van der Waals surface area (Å²) in [5.41, 5.74) is 1.05. The van der Waals surface area contributed by atoms with Crippen LogP contribution in [0.4, 0.5) is 5.69 Å². The fraction of sp³-hybridized carbons (Fsp3) is 0.385. The molecule has 2 aromatic rings. The molecule has 1 heterocycles. The molecule has 0 aliphatic carbocycles. The molecule has 1 N–H and O–H groups in total. The Morgan fingerprint density at radius 3 is 2.72 bits per heavy atom. The Balaban J connectivity index is 1.89. The molecule has 0 atom stereocenters. The lowest BCUT2D eigenvalue weighted by molar-refractivity contribution is 0.285. The number of nitrogens with zero attached hydrogens (tertiary/aromatic N) is 2. The van der Waals surface area contributed by atoms with E-state index in [1.807, 2.05) is 31.3 Å². The van der Waals surface area contributed by atoms with E-state index in [4.69, 9.17) is 9.26 Å². The molecule has 0 unspecified atom stereocenters. The molecular weight excluding hydrogens is 230 g/mol. The number of hydrogen-bond acceptors (Lipinski definition) is 5. The van der Waals surface area contributed by atoms with Crippen LogP contribution in [-0.4, -0.2) is 17.2 Å². The Morgan fingerprint density at radius 1 is 1.28 bits per heavy atom. The van der Waals surface area contributed by atoms with Crippen LogP contribution in [0.3, 0.4) is 0 Å². The van der Waals surface area contributed by atoms with Gasteiger partial charge < -0.3 is 14.6 Å². The van der Waals surface area contributed by atoms with E-state index in [0.29, 0.717) is 18.3 Å². The van der Waals surface area contributed by atoms with Crippen LogP contribution in [0, 0.1) is 0 Å². The molecule has 18 heavy (non-hydrogen) atoms. The summed E-state index contributed by atoms with van der Waals surface area (Å²) in [7, 11) is 1.88. The molecule has 2 rings (SSSR count). The van der Waals surface area contributed by atoms with E-state index < -0.39 is 0 Å². The molecule has 5 nitrogen and oxygen atoms in total. The molecule has 0 aliphatic heterocycles. The quantitative estimate of drug-likeness (QED) is 0.850. The van der Waals surface area contributed by atoms with Crippen molar-refractivity contribution in [1.82, 2.24) is 10.1 Å². The first kappa shape index (κ1) is 12.4. The monoisotopic (exact) mass is 247 g/mol. The number of benzene rings is 1. The maximum absolute atomic E-state index is 5.57. The fourth-order valence-electron chi connectivity index (χ4n) is 1.53. The third kappa shape index (κ3) is 3.23. The maximum Gasteiger partial charge on any atom is 0.226 e. The second-order valence-corrected chi connectivity index (χ2v) is 3.92. The molecule has 0 aliphatic rings. The molecule has 0 saturated heterocycles. The number of aryl methyl sites for hydroxylation is 1. The fourth-order valence-corrected chi connectivity index (χ4v) is 1.53. The standard InChI is InChI=1S/C13H17N3O2/c1-3-4-13-15-12(16-18-13)9-17-11-7-5-10(14-2)6-8-11/h5-8,14H,3-4,9H2,1-2H3. The molecule has 0 spiro atoms. The molecule has 0 fully saturated rings. The van der Waals surface area contributed by atoms with Gasteiger partial charge in [-0.15, -0.1) is 0 Å². The van der Waals surface area contributed by atoms with Crippen molar-refractivity contribution in [2.45, 2.75) is 26.4 Å². The predicted octanol–water partition coefficient (Wildman–Crippen LogP) is 2.64. The first-order valence-electron chi connectivity index (χ1n) is 6.04. The molecule has 5 heteroatoms. The zero-order valence-corrected chi connectivity index (χ0v) is 10.6. The minimum absolute atomic E-state index is 0.326. The average Bonchev–Trinajstić information content (AvgIpc) is 2.85. The van der Waals surface area contributed by atoms with E-state index >= 15 is 0 Å². The van der Waals surface area contributed by atoms with Gasteiger partial charge in [0.2, 0.25) is 11.7 Å². The molecule has 0 bridgehead atoms. The molecule has 1 aromatic heterocycles. The van der Waals surface area contributed by atoms with E-state index in [9.17, 15) is 0 Å². The molecule has 96 valence electrons. The van der Waals surface area contributed by atoms with Crippen molar-refractivity contribution in [3.05, 3.63) is 36.0 Å². The largest absolute Gasteiger partial charge is 0.485 e. The van der Waals surface area contributed by atoms with Crippen molar-refractivity contribution in [1.29, 1.82) is 0 Å². The number of hydrogen-bond donors (Lipinski definition) is 1. The zero-order valence-electron chi connectivity index (χ0n) is 10.6. The molecule has 0 radical (unpaired) electrons. The van der Waals surface area contributed by atoms with Crippen LogP contribution in [0.1, 0.15) is 25.1 Å². The minimum atomic E-state index is 0.326. The van der Waals surface area contributed by atoms with E-state index in [0.717, 1.165) is 24.3 Å². The van der Waals surface area contributed by atoms with Gasteiger partial charge in [0.15, 0.2) is 6.61 Å². The zero-order chi connectivity index (χ0) is 12.8. The predicted molar refractivity (Wildman–Crippen MR) is 68.6 cm³/mol. The lowest BCUT2D eigenvalue weighted by Crippen LogP contribution is -1.98. The van der Waals surface area contributed by atoms with Crippen molar-refractivity contribution >= 4 is 5.69 Å². The van der Waals surface area contributed by atoms with Crippen molar-refractivity contribution in [3.63, 3.8) is 0 Å². The van der Waals surface area contributed by atoms with Crippen LogP contribution in [0.15, 0.2) is 28.8 Å². The van der Waals surface area contributed by atoms with E-state index in [-0.39, 0.29) is 0 Å². The highest BCUT2D eigenvalue weighted by Gasteiger charge is 2.05. The molecule has 1 aromatic carbocycles. The van der Waals surface area contributed by atoms with Gasteiger partial charge in [0.25, 0.3) is 0 Å². The second-order valence-electron chi connectivity index (χ2n) is 3.92. The number of anilines is 1. The third-order valence-corrected chi connectivity index (χ3v) is 2.48. The molecular formula is C13H17N3O2. The van der Waals surface area contributed by atoms with Gasteiger partial charge in [-0.25, -0.2) is 0 Å². The first-order valence-corrected chi connectivity index (χ1v) is 6.04.